The normalized spacial score (nSPS) is 15.9. The van der Waals surface area contributed by atoms with Crippen molar-refractivity contribution in [2.75, 3.05) is 0 Å². The highest BCUT2D eigenvalue weighted by Gasteiger charge is 2.43. The summed E-state index contributed by atoms with van der Waals surface area (Å²) >= 11 is 7.15. The molecule has 2 N–H and O–H groups in total. The topological polar surface area (TPSA) is 40.5 Å². The van der Waals surface area contributed by atoms with Crippen molar-refractivity contribution in [2.24, 2.45) is 0 Å². The quantitative estimate of drug-likeness (QED) is 0.213. The predicted molar refractivity (Wildman–Crippen MR) is 163 cm³/mol. The second-order valence-electron chi connectivity index (χ2n) is 11.5. The number of aliphatic hydroxyl groups is 2. The van der Waals surface area contributed by atoms with Gasteiger partial charge in [0, 0.05) is 52.9 Å². The molecule has 5 aromatic rings. The lowest BCUT2D eigenvalue weighted by Gasteiger charge is -2.24. The van der Waals surface area contributed by atoms with Crippen molar-refractivity contribution in [3.05, 3.63) is 100 Å². The highest BCUT2D eigenvalue weighted by molar-refractivity contribution is 7.16. The molecule has 0 saturated heterocycles. The summed E-state index contributed by atoms with van der Waals surface area (Å²) in [4.78, 5) is 7.75. The Balaban J connectivity index is 1.29. The maximum absolute atomic E-state index is 9.72. The van der Waals surface area contributed by atoms with Crippen molar-refractivity contribution in [1.82, 2.24) is 0 Å². The van der Waals surface area contributed by atoms with Crippen LogP contribution in [-0.2, 0) is 36.9 Å². The van der Waals surface area contributed by atoms with E-state index in [0.717, 1.165) is 22.6 Å². The maximum atomic E-state index is 9.72. The molecule has 0 bridgehead atoms. The van der Waals surface area contributed by atoms with Crippen molar-refractivity contribution >= 4 is 45.3 Å². The first-order valence-electron chi connectivity index (χ1n) is 13.0. The van der Waals surface area contributed by atoms with Crippen molar-refractivity contribution in [2.45, 2.75) is 64.6 Å². The minimum atomic E-state index is -0.0391. The Hall–Kier alpha value is -2.06. The molecule has 1 aromatic carbocycles. The van der Waals surface area contributed by atoms with Gasteiger partial charge in [0.2, 0.25) is 0 Å². The average Bonchev–Trinajstić information content (AvgIpc) is 3.71. The van der Waals surface area contributed by atoms with E-state index in [2.05, 4.69) is 74.9 Å². The molecular formula is C32H30O2S4. The molecule has 0 unspecified atom stereocenters. The lowest BCUT2D eigenvalue weighted by molar-refractivity contribution is 0.284. The van der Waals surface area contributed by atoms with Gasteiger partial charge in [0.25, 0.3) is 0 Å². The third kappa shape index (κ3) is 3.54. The smallest absolute Gasteiger partial charge is 0.0777 e. The first kappa shape index (κ1) is 24.9. The predicted octanol–water partition coefficient (Wildman–Crippen LogP) is 8.71. The van der Waals surface area contributed by atoms with Gasteiger partial charge in [-0.2, -0.15) is 0 Å². The molecule has 0 saturated carbocycles. The van der Waals surface area contributed by atoms with Crippen LogP contribution in [0.3, 0.4) is 0 Å². The first-order chi connectivity index (χ1) is 18.2. The number of thiophene rings is 4. The largest absolute Gasteiger partial charge is 0.391 e. The molecule has 38 heavy (non-hydrogen) atoms. The summed E-state index contributed by atoms with van der Waals surface area (Å²) in [7, 11) is 0. The summed E-state index contributed by atoms with van der Waals surface area (Å²) < 4.78 is 0. The van der Waals surface area contributed by atoms with Crippen LogP contribution in [0, 0.1) is 0 Å². The van der Waals surface area contributed by atoms with E-state index in [1.807, 2.05) is 22.7 Å². The van der Waals surface area contributed by atoms with E-state index in [4.69, 9.17) is 0 Å². The van der Waals surface area contributed by atoms with Gasteiger partial charge in [-0.3, -0.25) is 0 Å². The van der Waals surface area contributed by atoms with Crippen LogP contribution in [0.5, 0.6) is 0 Å². The summed E-state index contributed by atoms with van der Waals surface area (Å²) in [6.45, 7) is 9.73. The number of aliphatic hydroxyl groups excluding tert-OH is 2. The number of rotatable bonds is 6. The fraction of sp³-hybridized carbons (Fsp3) is 0.312. The third-order valence-electron chi connectivity index (χ3n) is 8.60. The summed E-state index contributed by atoms with van der Waals surface area (Å²) in [6.07, 6.45) is 1.78. The van der Waals surface area contributed by atoms with Gasteiger partial charge in [-0.1, -0.05) is 27.7 Å². The zero-order chi connectivity index (χ0) is 26.4. The molecule has 7 rings (SSSR count). The van der Waals surface area contributed by atoms with Crippen LogP contribution in [0.1, 0.15) is 80.6 Å². The zero-order valence-corrected chi connectivity index (χ0v) is 25.2. The van der Waals surface area contributed by atoms with Gasteiger partial charge in [-0.15, -0.1) is 45.3 Å². The molecule has 4 heterocycles. The van der Waals surface area contributed by atoms with Crippen LogP contribution < -0.4 is 0 Å². The summed E-state index contributed by atoms with van der Waals surface area (Å²) in [6, 6.07) is 14.2. The standard InChI is InChI=1S/C32H30O2S4/c1-31(2)23-13-22-24(14-21(23)29-25(31)11-19(37-29)9-17-5-7-35-27(17)15-33)32(3,4)26-12-20(38-30(22)26)10-18-6-8-36-28(18)16-34/h5-8,11-14,33-34H,9-10,15-16H2,1-4H3. The zero-order valence-electron chi connectivity index (χ0n) is 22.0. The molecule has 194 valence electrons. The van der Waals surface area contributed by atoms with Crippen molar-refractivity contribution in [3.63, 3.8) is 0 Å². The Morgan fingerprint density at radius 1 is 0.605 bits per heavy atom. The van der Waals surface area contributed by atoms with E-state index >= 15 is 0 Å². The molecule has 0 radical (unpaired) electrons. The van der Waals surface area contributed by atoms with Gasteiger partial charge in [-0.25, -0.2) is 0 Å². The van der Waals surface area contributed by atoms with Gasteiger partial charge in [0.1, 0.15) is 0 Å². The van der Waals surface area contributed by atoms with Gasteiger partial charge in [0.05, 0.1) is 13.2 Å². The average molecular weight is 575 g/mol. The minimum absolute atomic E-state index is 0.0391. The second kappa shape index (κ2) is 8.72. The summed E-state index contributed by atoms with van der Waals surface area (Å²) in [5.74, 6) is 0. The van der Waals surface area contributed by atoms with E-state index in [0.29, 0.717) is 0 Å². The van der Waals surface area contributed by atoms with Gasteiger partial charge in [0.15, 0.2) is 0 Å². The van der Waals surface area contributed by atoms with E-state index in [1.54, 1.807) is 22.7 Å². The van der Waals surface area contributed by atoms with Crippen molar-refractivity contribution < 1.29 is 10.2 Å². The SMILES string of the molecule is CC1(C)c2cc3c(cc2-c2sc(Cc4ccsc4CO)cc21)C(C)(C)c1cc(Cc2ccsc2CO)sc1-3. The lowest BCUT2D eigenvalue weighted by Crippen LogP contribution is -2.17. The Morgan fingerprint density at radius 3 is 1.42 bits per heavy atom. The summed E-state index contributed by atoms with van der Waals surface area (Å²) in [5, 5.41) is 23.6. The van der Waals surface area contributed by atoms with Crippen LogP contribution in [0.2, 0.25) is 0 Å². The Kier molecular flexibility index (Phi) is 5.72. The lowest BCUT2D eigenvalue weighted by atomic mass is 9.79. The minimum Gasteiger partial charge on any atom is -0.391 e. The van der Waals surface area contributed by atoms with E-state index < -0.39 is 0 Å². The molecule has 2 nitrogen and oxygen atoms in total. The van der Waals surface area contributed by atoms with Crippen molar-refractivity contribution in [3.8, 4) is 20.9 Å². The van der Waals surface area contributed by atoms with Gasteiger partial charge >= 0.3 is 0 Å². The highest BCUT2D eigenvalue weighted by atomic mass is 32.1. The molecule has 2 aliphatic carbocycles. The van der Waals surface area contributed by atoms with E-state index in [9.17, 15) is 10.2 Å². The molecule has 0 atom stereocenters. The van der Waals surface area contributed by atoms with Crippen LogP contribution in [0.25, 0.3) is 20.9 Å². The molecule has 0 amide bonds. The molecular weight excluding hydrogens is 545 g/mol. The first-order valence-corrected chi connectivity index (χ1v) is 16.4. The van der Waals surface area contributed by atoms with E-state index in [-0.39, 0.29) is 24.0 Å². The Labute approximate surface area is 239 Å². The van der Waals surface area contributed by atoms with Crippen LogP contribution in [0.4, 0.5) is 0 Å². The number of hydrogen-bond acceptors (Lipinski definition) is 6. The summed E-state index contributed by atoms with van der Waals surface area (Å²) in [5.41, 5.74) is 11.0. The fourth-order valence-corrected chi connectivity index (χ4v) is 10.7. The molecule has 6 heteroatoms. The Bertz CT molecular complexity index is 1580. The highest BCUT2D eigenvalue weighted by Crippen LogP contribution is 2.59. The van der Waals surface area contributed by atoms with E-state index in [1.165, 1.54) is 64.0 Å². The van der Waals surface area contributed by atoms with Crippen LogP contribution >= 0.6 is 45.3 Å². The molecule has 0 spiro atoms. The number of fused-ring (bicyclic) bond motifs is 6. The fourth-order valence-electron chi connectivity index (χ4n) is 6.39. The molecule has 2 aliphatic rings. The maximum Gasteiger partial charge on any atom is 0.0777 e. The van der Waals surface area contributed by atoms with Crippen molar-refractivity contribution in [1.29, 1.82) is 0 Å². The second-order valence-corrected chi connectivity index (χ2v) is 15.8. The number of benzene rings is 1. The third-order valence-corrected chi connectivity index (χ3v) is 12.8. The number of hydrogen-bond donors (Lipinski definition) is 2. The van der Waals surface area contributed by atoms with Gasteiger partial charge in [-0.05, 0) is 91.7 Å². The molecule has 0 fully saturated rings. The molecule has 0 aliphatic heterocycles. The Morgan fingerprint density at radius 2 is 1.03 bits per heavy atom. The molecule has 4 aromatic heterocycles. The van der Waals surface area contributed by atoms with Gasteiger partial charge < -0.3 is 10.2 Å². The monoisotopic (exact) mass is 574 g/mol. The van der Waals surface area contributed by atoms with Crippen LogP contribution in [0.15, 0.2) is 47.2 Å². The van der Waals surface area contributed by atoms with Crippen LogP contribution in [-0.4, -0.2) is 10.2 Å².